The summed E-state index contributed by atoms with van der Waals surface area (Å²) in [7, 11) is 0. The van der Waals surface area contributed by atoms with Gasteiger partial charge in [-0.2, -0.15) is 0 Å². The maximum atomic E-state index is 8.56. The van der Waals surface area contributed by atoms with E-state index in [-0.39, 0.29) is 0 Å². The molecule has 0 aromatic rings. The molecule has 8 nitrogen and oxygen atoms in total. The van der Waals surface area contributed by atoms with Crippen LogP contribution >= 0.6 is 0 Å². The Labute approximate surface area is 61.3 Å². The molecule has 0 unspecified atom stereocenters. The first-order valence-electron chi connectivity index (χ1n) is 2.55. The molecular formula is C3H6N6O2. The quantitative estimate of drug-likeness (QED) is 0.269. The molecule has 0 aliphatic rings. The second kappa shape index (κ2) is 3.65. The number of rotatable bonds is 3. The first kappa shape index (κ1) is 9.54. The summed E-state index contributed by atoms with van der Waals surface area (Å²) < 4.78 is 0. The van der Waals surface area contributed by atoms with Crippen LogP contribution in [0.5, 0.6) is 0 Å². The van der Waals surface area contributed by atoms with Crippen LogP contribution < -0.4 is 0 Å². The molecule has 0 aliphatic carbocycles. The molecule has 0 bridgehead atoms. The van der Waals surface area contributed by atoms with E-state index < -0.39 is 12.0 Å². The van der Waals surface area contributed by atoms with Crippen LogP contribution in [0.15, 0.2) is 10.2 Å². The molecule has 11 heavy (non-hydrogen) atoms. The van der Waals surface area contributed by atoms with Gasteiger partial charge in [-0.25, -0.2) is 0 Å². The average Bonchev–Trinajstić information content (AvgIpc) is 1.88. The van der Waals surface area contributed by atoms with E-state index in [9.17, 15) is 0 Å². The summed E-state index contributed by atoms with van der Waals surface area (Å²) in [4.78, 5) is 4.58. The van der Waals surface area contributed by atoms with Gasteiger partial charge in [0, 0.05) is 9.82 Å². The van der Waals surface area contributed by atoms with Crippen LogP contribution in [0.4, 0.5) is 0 Å². The van der Waals surface area contributed by atoms with Crippen molar-refractivity contribution in [2.24, 2.45) is 10.2 Å². The molecule has 0 radical (unpaired) electrons. The second-order valence-corrected chi connectivity index (χ2v) is 1.85. The van der Waals surface area contributed by atoms with Crippen molar-refractivity contribution in [1.82, 2.24) is 0 Å². The molecule has 0 atom stereocenters. The monoisotopic (exact) mass is 158 g/mol. The van der Waals surface area contributed by atoms with E-state index >= 15 is 0 Å². The number of nitrogens with zero attached hydrogens (tertiary/aromatic N) is 6. The van der Waals surface area contributed by atoms with E-state index in [0.29, 0.717) is 0 Å². The zero-order valence-corrected chi connectivity index (χ0v) is 5.66. The van der Waals surface area contributed by atoms with Crippen LogP contribution in [-0.2, 0) is 0 Å². The van der Waals surface area contributed by atoms with Gasteiger partial charge in [0.2, 0.25) is 0 Å². The molecule has 0 saturated heterocycles. The van der Waals surface area contributed by atoms with Crippen LogP contribution in [0.25, 0.3) is 20.9 Å². The van der Waals surface area contributed by atoms with Crippen LogP contribution in [0.1, 0.15) is 6.92 Å². The molecule has 0 aromatic carbocycles. The van der Waals surface area contributed by atoms with E-state index in [1.54, 1.807) is 0 Å². The fourth-order valence-corrected chi connectivity index (χ4v) is 0.304. The highest BCUT2D eigenvalue weighted by Crippen LogP contribution is 2.16. The van der Waals surface area contributed by atoms with E-state index in [1.807, 2.05) is 0 Å². The topological polar surface area (TPSA) is 138 Å². The first-order chi connectivity index (χ1) is 5.06. The molecule has 2 N–H and O–H groups in total. The fraction of sp³-hybridized carbons (Fsp3) is 1.00. The SMILES string of the molecule is CC(N=[N+]=[N-])(N=[N+]=[N-])C(O)O. The average molecular weight is 158 g/mol. The van der Waals surface area contributed by atoms with Crippen molar-refractivity contribution >= 4 is 0 Å². The van der Waals surface area contributed by atoms with Gasteiger partial charge in [0.15, 0.2) is 12.0 Å². The molecule has 0 amide bonds. The van der Waals surface area contributed by atoms with Crippen molar-refractivity contribution in [3.05, 3.63) is 20.9 Å². The Balaban J connectivity index is 4.79. The molecular weight excluding hydrogens is 152 g/mol. The van der Waals surface area contributed by atoms with E-state index in [0.717, 1.165) is 6.92 Å². The van der Waals surface area contributed by atoms with Gasteiger partial charge in [-0.1, -0.05) is 10.2 Å². The molecule has 0 saturated carbocycles. The Morgan fingerprint density at radius 2 is 1.64 bits per heavy atom. The summed E-state index contributed by atoms with van der Waals surface area (Å²) in [6.45, 7) is 1.09. The Bertz CT molecular complexity index is 206. The Hall–Kier alpha value is -1.46. The zero-order chi connectivity index (χ0) is 8.91. The number of hydrogen-bond donors (Lipinski definition) is 2. The smallest absolute Gasteiger partial charge is 0.174 e. The molecule has 60 valence electrons. The van der Waals surface area contributed by atoms with Crippen LogP contribution in [0.3, 0.4) is 0 Å². The van der Waals surface area contributed by atoms with Crippen molar-refractivity contribution in [2.75, 3.05) is 0 Å². The maximum Gasteiger partial charge on any atom is 0.174 e. The molecule has 0 spiro atoms. The number of azide groups is 1. The predicted octanol–water partition coefficient (Wildman–Crippen LogP) is 0.634. The lowest BCUT2D eigenvalue weighted by atomic mass is 10.2. The molecule has 0 rings (SSSR count). The summed E-state index contributed by atoms with van der Waals surface area (Å²) in [6.07, 6.45) is -2.01. The number of hydrogen-bond acceptors (Lipinski definition) is 4. The van der Waals surface area contributed by atoms with Crippen LogP contribution in [0.2, 0.25) is 0 Å². The lowest BCUT2D eigenvalue weighted by molar-refractivity contribution is -0.0881. The molecule has 0 aliphatic heterocycles. The molecule has 0 aromatic heterocycles. The summed E-state index contributed by atoms with van der Waals surface area (Å²) in [5.74, 6) is 0. The van der Waals surface area contributed by atoms with Crippen LogP contribution in [0, 0.1) is 0 Å². The normalized spacial score (nSPS) is 14.5. The third kappa shape index (κ3) is 2.32. The van der Waals surface area contributed by atoms with Gasteiger partial charge >= 0.3 is 0 Å². The highest BCUT2D eigenvalue weighted by atomic mass is 16.5. The lowest BCUT2D eigenvalue weighted by Gasteiger charge is -2.18. The molecule has 0 fully saturated rings. The van der Waals surface area contributed by atoms with Crippen LogP contribution in [-0.4, -0.2) is 22.2 Å². The Morgan fingerprint density at radius 1 is 1.27 bits per heavy atom. The minimum atomic E-state index is -2.01. The minimum Gasteiger partial charge on any atom is -0.367 e. The predicted molar refractivity (Wildman–Crippen MR) is 34.9 cm³/mol. The fourth-order valence-electron chi connectivity index (χ4n) is 0.304. The lowest BCUT2D eigenvalue weighted by Crippen LogP contribution is -2.34. The van der Waals surface area contributed by atoms with E-state index in [2.05, 4.69) is 20.1 Å². The third-order valence-electron chi connectivity index (χ3n) is 0.983. The Kier molecular flexibility index (Phi) is 3.16. The van der Waals surface area contributed by atoms with Crippen molar-refractivity contribution in [2.45, 2.75) is 18.9 Å². The van der Waals surface area contributed by atoms with Crippen molar-refractivity contribution in [3.63, 3.8) is 0 Å². The van der Waals surface area contributed by atoms with Crippen molar-refractivity contribution in [3.8, 4) is 0 Å². The van der Waals surface area contributed by atoms with Gasteiger partial charge < -0.3 is 10.2 Å². The van der Waals surface area contributed by atoms with Gasteiger partial charge in [0.25, 0.3) is 0 Å². The van der Waals surface area contributed by atoms with Crippen molar-refractivity contribution in [1.29, 1.82) is 0 Å². The van der Waals surface area contributed by atoms with E-state index in [1.165, 1.54) is 0 Å². The summed E-state index contributed by atoms with van der Waals surface area (Å²) in [6, 6.07) is 0. The van der Waals surface area contributed by atoms with Crippen molar-refractivity contribution < 1.29 is 10.2 Å². The molecule has 0 heterocycles. The highest BCUT2D eigenvalue weighted by Gasteiger charge is 2.29. The maximum absolute atomic E-state index is 8.56. The largest absolute Gasteiger partial charge is 0.367 e. The first-order valence-corrected chi connectivity index (χ1v) is 2.55. The number of aliphatic hydroxyl groups is 2. The standard InChI is InChI=1S/C3H6N6O2/c1-3(2(10)11,6-8-4)7-9-5/h2,10-11H,1H3. The summed E-state index contributed by atoms with van der Waals surface area (Å²) in [5.41, 5.74) is 14.0. The van der Waals surface area contributed by atoms with E-state index in [4.69, 9.17) is 21.3 Å². The Morgan fingerprint density at radius 3 is 1.82 bits per heavy atom. The van der Waals surface area contributed by atoms with Gasteiger partial charge in [0.1, 0.15) is 0 Å². The minimum absolute atomic E-state index is 1.09. The molecule has 8 heteroatoms. The van der Waals surface area contributed by atoms with Gasteiger partial charge in [-0.15, -0.1) is 0 Å². The van der Waals surface area contributed by atoms with Gasteiger partial charge in [-0.05, 0) is 18.0 Å². The van der Waals surface area contributed by atoms with Gasteiger partial charge in [-0.3, -0.25) is 0 Å². The van der Waals surface area contributed by atoms with Gasteiger partial charge in [0.05, 0.1) is 0 Å². The third-order valence-corrected chi connectivity index (χ3v) is 0.983. The highest BCUT2D eigenvalue weighted by molar-refractivity contribution is 4.82. The summed E-state index contributed by atoms with van der Waals surface area (Å²) in [5, 5.41) is 22.9. The zero-order valence-electron chi connectivity index (χ0n) is 5.66. The summed E-state index contributed by atoms with van der Waals surface area (Å²) >= 11 is 0. The number of aliphatic hydroxyl groups excluding tert-OH is 1. The second-order valence-electron chi connectivity index (χ2n) is 1.85.